The molecule has 0 aliphatic heterocycles. The number of rotatable bonds is 4. The second kappa shape index (κ2) is 6.13. The molecule has 1 aliphatic carbocycles. The van der Waals surface area contributed by atoms with Crippen molar-refractivity contribution in [3.8, 4) is 0 Å². The summed E-state index contributed by atoms with van der Waals surface area (Å²) in [5.41, 5.74) is 7.72. The van der Waals surface area contributed by atoms with Gasteiger partial charge in [-0.1, -0.05) is 46.6 Å². The van der Waals surface area contributed by atoms with E-state index in [1.807, 2.05) is 22.9 Å². The number of nitrogen functional groups attached to an aromatic ring is 1. The SMILES string of the molecule is Nc1ccc(CSc2nnnn2C2CCCC2)c(Br)c1. The van der Waals surface area contributed by atoms with Gasteiger partial charge < -0.3 is 5.73 Å². The number of thioether (sulfide) groups is 1. The van der Waals surface area contributed by atoms with Crippen molar-refractivity contribution in [2.24, 2.45) is 0 Å². The molecule has 0 unspecified atom stereocenters. The minimum Gasteiger partial charge on any atom is -0.399 e. The highest BCUT2D eigenvalue weighted by Gasteiger charge is 2.21. The standard InChI is InChI=1S/C13H16BrN5S/c14-12-7-10(15)6-5-9(12)8-20-13-16-17-18-19(13)11-3-1-2-4-11/h5-7,11H,1-4,8,15H2. The van der Waals surface area contributed by atoms with Crippen LogP contribution in [0.4, 0.5) is 5.69 Å². The van der Waals surface area contributed by atoms with Crippen LogP contribution < -0.4 is 5.73 Å². The number of hydrogen-bond donors (Lipinski definition) is 1. The van der Waals surface area contributed by atoms with Gasteiger partial charge in [-0.3, -0.25) is 0 Å². The van der Waals surface area contributed by atoms with Crippen molar-refractivity contribution in [2.75, 3.05) is 5.73 Å². The summed E-state index contributed by atoms with van der Waals surface area (Å²) in [5, 5.41) is 13.0. The van der Waals surface area contributed by atoms with Gasteiger partial charge in [0.1, 0.15) is 0 Å². The van der Waals surface area contributed by atoms with E-state index in [1.165, 1.54) is 31.2 Å². The van der Waals surface area contributed by atoms with Gasteiger partial charge in [0, 0.05) is 15.9 Å². The first kappa shape index (κ1) is 13.9. The summed E-state index contributed by atoms with van der Waals surface area (Å²) < 4.78 is 3.02. The van der Waals surface area contributed by atoms with Gasteiger partial charge in [-0.2, -0.15) is 0 Å². The fourth-order valence-electron chi connectivity index (χ4n) is 2.48. The van der Waals surface area contributed by atoms with Gasteiger partial charge in [0.15, 0.2) is 0 Å². The molecular weight excluding hydrogens is 338 g/mol. The van der Waals surface area contributed by atoms with Crippen molar-refractivity contribution in [3.05, 3.63) is 28.2 Å². The van der Waals surface area contributed by atoms with Crippen molar-refractivity contribution >= 4 is 33.4 Å². The zero-order valence-electron chi connectivity index (χ0n) is 11.0. The van der Waals surface area contributed by atoms with Crippen LogP contribution in [0.25, 0.3) is 0 Å². The molecule has 20 heavy (non-hydrogen) atoms. The summed E-state index contributed by atoms with van der Waals surface area (Å²) in [7, 11) is 0. The molecule has 7 heteroatoms. The fourth-order valence-corrected chi connectivity index (χ4v) is 4.15. The summed E-state index contributed by atoms with van der Waals surface area (Å²) in [6, 6.07) is 6.36. The molecule has 1 aromatic heterocycles. The molecule has 0 saturated heterocycles. The number of nitrogens with two attached hydrogens (primary N) is 1. The van der Waals surface area contributed by atoms with Crippen LogP contribution in [0, 0.1) is 0 Å². The van der Waals surface area contributed by atoms with Crippen molar-refractivity contribution in [1.82, 2.24) is 20.2 Å². The third kappa shape index (κ3) is 2.98. The van der Waals surface area contributed by atoms with Crippen LogP contribution in [0.15, 0.2) is 27.8 Å². The molecule has 1 saturated carbocycles. The monoisotopic (exact) mass is 353 g/mol. The Kier molecular flexibility index (Phi) is 4.26. The number of anilines is 1. The maximum absolute atomic E-state index is 5.75. The molecule has 3 rings (SSSR count). The zero-order chi connectivity index (χ0) is 13.9. The van der Waals surface area contributed by atoms with Gasteiger partial charge in [-0.15, -0.1) is 5.10 Å². The van der Waals surface area contributed by atoms with Gasteiger partial charge in [0.25, 0.3) is 0 Å². The van der Waals surface area contributed by atoms with Gasteiger partial charge in [-0.05, 0) is 41.0 Å². The highest BCUT2D eigenvalue weighted by molar-refractivity contribution is 9.10. The second-order valence-electron chi connectivity index (χ2n) is 4.98. The summed E-state index contributed by atoms with van der Waals surface area (Å²) in [5.74, 6) is 0.827. The quantitative estimate of drug-likeness (QED) is 0.673. The fraction of sp³-hybridized carbons (Fsp3) is 0.462. The van der Waals surface area contributed by atoms with Crippen LogP contribution in [-0.4, -0.2) is 20.2 Å². The van der Waals surface area contributed by atoms with E-state index in [0.717, 1.165) is 21.1 Å². The highest BCUT2D eigenvalue weighted by atomic mass is 79.9. The second-order valence-corrected chi connectivity index (χ2v) is 6.78. The summed E-state index contributed by atoms with van der Waals surface area (Å²) in [6.07, 6.45) is 4.92. The summed E-state index contributed by atoms with van der Waals surface area (Å²) in [4.78, 5) is 0. The summed E-state index contributed by atoms with van der Waals surface area (Å²) in [6.45, 7) is 0. The van der Waals surface area contributed by atoms with E-state index in [-0.39, 0.29) is 0 Å². The van der Waals surface area contributed by atoms with E-state index in [2.05, 4.69) is 31.5 Å². The molecular formula is C13H16BrN5S. The van der Waals surface area contributed by atoms with Crippen molar-refractivity contribution in [2.45, 2.75) is 42.6 Å². The maximum Gasteiger partial charge on any atom is 0.209 e. The number of nitrogens with zero attached hydrogens (tertiary/aromatic N) is 4. The van der Waals surface area contributed by atoms with Crippen LogP contribution in [0.1, 0.15) is 37.3 Å². The van der Waals surface area contributed by atoms with Crippen molar-refractivity contribution in [3.63, 3.8) is 0 Å². The smallest absolute Gasteiger partial charge is 0.209 e. The Morgan fingerprint density at radius 2 is 2.15 bits per heavy atom. The Morgan fingerprint density at radius 1 is 1.35 bits per heavy atom. The molecule has 1 aliphatic rings. The third-order valence-corrected chi connectivity index (χ3v) is 5.29. The molecule has 1 fully saturated rings. The lowest BCUT2D eigenvalue weighted by Crippen LogP contribution is -2.08. The molecule has 0 amide bonds. The Bertz CT molecular complexity index is 594. The molecule has 1 heterocycles. The lowest BCUT2D eigenvalue weighted by atomic mass is 10.2. The normalized spacial score (nSPS) is 15.8. The molecule has 2 aromatic rings. The Balaban J connectivity index is 1.70. The Hall–Kier alpha value is -1.08. The number of halogens is 1. The van der Waals surface area contributed by atoms with E-state index in [4.69, 9.17) is 5.73 Å². The Labute approximate surface area is 130 Å². The van der Waals surface area contributed by atoms with Crippen LogP contribution in [0.5, 0.6) is 0 Å². The molecule has 0 radical (unpaired) electrons. The average Bonchev–Trinajstić information content (AvgIpc) is 3.08. The predicted molar refractivity (Wildman–Crippen MR) is 83.4 cm³/mol. The van der Waals surface area contributed by atoms with Crippen LogP contribution in [-0.2, 0) is 5.75 Å². The van der Waals surface area contributed by atoms with E-state index in [1.54, 1.807) is 11.8 Å². The number of benzene rings is 1. The molecule has 0 atom stereocenters. The molecule has 1 aromatic carbocycles. The number of hydrogen-bond acceptors (Lipinski definition) is 5. The largest absolute Gasteiger partial charge is 0.399 e. The number of aromatic nitrogens is 4. The lowest BCUT2D eigenvalue weighted by Gasteiger charge is -2.11. The van der Waals surface area contributed by atoms with Gasteiger partial charge in [0.05, 0.1) is 6.04 Å². The minimum atomic E-state index is 0.474. The van der Waals surface area contributed by atoms with E-state index in [9.17, 15) is 0 Å². The first-order valence-electron chi connectivity index (χ1n) is 6.68. The lowest BCUT2D eigenvalue weighted by molar-refractivity contribution is 0.423. The summed E-state index contributed by atoms with van der Waals surface area (Å²) >= 11 is 5.21. The topological polar surface area (TPSA) is 69.6 Å². The van der Waals surface area contributed by atoms with E-state index < -0.39 is 0 Å². The van der Waals surface area contributed by atoms with Crippen LogP contribution >= 0.6 is 27.7 Å². The average molecular weight is 354 g/mol. The van der Waals surface area contributed by atoms with Crippen LogP contribution in [0.3, 0.4) is 0 Å². The molecule has 106 valence electrons. The Morgan fingerprint density at radius 3 is 2.90 bits per heavy atom. The molecule has 5 nitrogen and oxygen atoms in total. The first-order valence-corrected chi connectivity index (χ1v) is 8.46. The van der Waals surface area contributed by atoms with Crippen molar-refractivity contribution < 1.29 is 0 Å². The van der Waals surface area contributed by atoms with E-state index in [0.29, 0.717) is 6.04 Å². The van der Waals surface area contributed by atoms with Gasteiger partial charge >= 0.3 is 0 Å². The third-order valence-electron chi connectivity index (χ3n) is 3.57. The zero-order valence-corrected chi connectivity index (χ0v) is 13.4. The van der Waals surface area contributed by atoms with Crippen molar-refractivity contribution in [1.29, 1.82) is 0 Å². The first-order chi connectivity index (χ1) is 9.74. The predicted octanol–water partition coefficient (Wildman–Crippen LogP) is 3.43. The van der Waals surface area contributed by atoms with Gasteiger partial charge in [-0.25, -0.2) is 4.68 Å². The van der Waals surface area contributed by atoms with Gasteiger partial charge in [0.2, 0.25) is 5.16 Å². The minimum absolute atomic E-state index is 0.474. The molecule has 0 spiro atoms. The van der Waals surface area contributed by atoms with Crippen LogP contribution in [0.2, 0.25) is 0 Å². The maximum atomic E-state index is 5.75. The van der Waals surface area contributed by atoms with E-state index >= 15 is 0 Å². The molecule has 2 N–H and O–H groups in total. The number of tetrazole rings is 1. The highest BCUT2D eigenvalue weighted by Crippen LogP contribution is 2.33. The molecule has 0 bridgehead atoms.